The van der Waals surface area contributed by atoms with Crippen LogP contribution in [-0.4, -0.2) is 37.3 Å². The van der Waals surface area contributed by atoms with Crippen molar-refractivity contribution >= 4 is 29.5 Å². The quantitative estimate of drug-likeness (QED) is 0.687. The van der Waals surface area contributed by atoms with Crippen LogP contribution in [-0.2, 0) is 11.3 Å². The Bertz CT molecular complexity index is 928. The minimum atomic E-state index is -0.835. The fourth-order valence-corrected chi connectivity index (χ4v) is 3.34. The molecule has 27 heavy (non-hydrogen) atoms. The molecule has 1 aromatic heterocycles. The highest BCUT2D eigenvalue weighted by Crippen LogP contribution is 2.42. The van der Waals surface area contributed by atoms with Gasteiger partial charge in [0.15, 0.2) is 5.82 Å². The molecule has 2 aliphatic rings. The maximum atomic E-state index is 12.8. The van der Waals surface area contributed by atoms with Gasteiger partial charge in [0.25, 0.3) is 5.91 Å². The third kappa shape index (κ3) is 3.16. The monoisotopic (exact) mass is 367 g/mol. The van der Waals surface area contributed by atoms with E-state index in [1.807, 2.05) is 31.2 Å². The number of nitrogens with zero attached hydrogens (tertiary/aromatic N) is 4. The number of carbonyl (C=O) groups is 2. The average Bonchev–Trinajstić information content (AvgIpc) is 3.43. The minimum Gasteiger partial charge on any atom is -0.368 e. The van der Waals surface area contributed by atoms with Gasteiger partial charge in [-0.15, -0.1) is 0 Å². The molecule has 1 saturated heterocycles. The van der Waals surface area contributed by atoms with E-state index in [0.29, 0.717) is 0 Å². The van der Waals surface area contributed by atoms with Crippen molar-refractivity contribution in [1.29, 1.82) is 0 Å². The van der Waals surface area contributed by atoms with Crippen LogP contribution in [0, 0.1) is 12.8 Å². The number of amides is 3. The fourth-order valence-electron chi connectivity index (χ4n) is 3.34. The lowest BCUT2D eigenvalue weighted by Crippen LogP contribution is -2.46. The van der Waals surface area contributed by atoms with Crippen LogP contribution >= 0.6 is 0 Å². The number of nitrogens with two attached hydrogens (primary N) is 1. The number of para-hydroxylation sites is 1. The number of hydrogen-bond acceptors (Lipinski definition) is 7. The van der Waals surface area contributed by atoms with Crippen molar-refractivity contribution in [1.82, 2.24) is 25.2 Å². The number of nitrogen functional groups attached to an aromatic ring is 1. The molecule has 2 fully saturated rings. The first kappa shape index (κ1) is 17.2. The molecule has 4 rings (SSSR count). The standard InChI is InChI=1S/C18H21N7O2/c1-10-5-3-4-6-12(10)20-16-22-13(21-15(19)23-16)9-25-14(26)18(2,11-7-8-11)24-17(25)27/h3-6,11H,7-9H2,1-2H3,(H,24,27)(H3,19,20,21,22,23). The van der Waals surface area contributed by atoms with Crippen LogP contribution in [0.4, 0.5) is 22.4 Å². The molecule has 2 heterocycles. The number of urea groups is 1. The van der Waals surface area contributed by atoms with Crippen molar-refractivity contribution < 1.29 is 9.59 Å². The van der Waals surface area contributed by atoms with Crippen LogP contribution in [0.1, 0.15) is 31.2 Å². The smallest absolute Gasteiger partial charge is 0.325 e. The van der Waals surface area contributed by atoms with E-state index in [-0.39, 0.29) is 36.1 Å². The molecule has 9 heteroatoms. The van der Waals surface area contributed by atoms with Gasteiger partial charge in [-0.2, -0.15) is 15.0 Å². The van der Waals surface area contributed by atoms with Gasteiger partial charge in [0.1, 0.15) is 5.54 Å². The zero-order chi connectivity index (χ0) is 19.2. The van der Waals surface area contributed by atoms with Gasteiger partial charge >= 0.3 is 6.03 Å². The normalized spacial score (nSPS) is 22.1. The summed E-state index contributed by atoms with van der Waals surface area (Å²) in [6.45, 7) is 3.68. The van der Waals surface area contributed by atoms with E-state index < -0.39 is 11.6 Å². The fraction of sp³-hybridized carbons (Fsp3) is 0.389. The maximum Gasteiger partial charge on any atom is 0.325 e. The summed E-state index contributed by atoms with van der Waals surface area (Å²) in [5.74, 6) is 0.488. The number of aryl methyl sites for hydroxylation is 1. The molecule has 1 saturated carbocycles. The topological polar surface area (TPSA) is 126 Å². The van der Waals surface area contributed by atoms with Crippen molar-refractivity contribution in [2.24, 2.45) is 5.92 Å². The zero-order valence-corrected chi connectivity index (χ0v) is 15.2. The Morgan fingerprint density at radius 3 is 2.70 bits per heavy atom. The lowest BCUT2D eigenvalue weighted by Gasteiger charge is -2.20. The molecule has 0 radical (unpaired) electrons. The van der Waals surface area contributed by atoms with Gasteiger partial charge in [-0.1, -0.05) is 18.2 Å². The first-order chi connectivity index (χ1) is 12.9. The van der Waals surface area contributed by atoms with Gasteiger partial charge in [-0.3, -0.25) is 9.69 Å². The van der Waals surface area contributed by atoms with Gasteiger partial charge in [0, 0.05) is 5.69 Å². The number of imide groups is 1. The molecule has 3 amide bonds. The number of anilines is 3. The lowest BCUT2D eigenvalue weighted by molar-refractivity contribution is -0.131. The number of nitrogens with one attached hydrogen (secondary N) is 2. The summed E-state index contributed by atoms with van der Waals surface area (Å²) in [6.07, 6.45) is 1.89. The molecule has 0 spiro atoms. The molecule has 4 N–H and O–H groups in total. The molecule has 1 aliphatic carbocycles. The SMILES string of the molecule is Cc1ccccc1Nc1nc(N)nc(CN2C(=O)NC(C)(C3CC3)C2=O)n1. The third-order valence-corrected chi connectivity index (χ3v) is 5.09. The first-order valence-electron chi connectivity index (χ1n) is 8.84. The second-order valence-electron chi connectivity index (χ2n) is 7.17. The van der Waals surface area contributed by atoms with Gasteiger partial charge in [-0.25, -0.2) is 4.79 Å². The highest BCUT2D eigenvalue weighted by Gasteiger charge is 2.56. The molecule has 0 bridgehead atoms. The largest absolute Gasteiger partial charge is 0.368 e. The van der Waals surface area contributed by atoms with Crippen LogP contribution in [0.2, 0.25) is 0 Å². The molecule has 1 unspecified atom stereocenters. The number of aromatic nitrogens is 3. The number of carbonyl (C=O) groups excluding carboxylic acids is 2. The highest BCUT2D eigenvalue weighted by molar-refractivity contribution is 6.07. The summed E-state index contributed by atoms with van der Waals surface area (Å²) in [5.41, 5.74) is 6.82. The van der Waals surface area contributed by atoms with E-state index in [2.05, 4.69) is 25.6 Å². The van der Waals surface area contributed by atoms with Crippen molar-refractivity contribution in [3.63, 3.8) is 0 Å². The highest BCUT2D eigenvalue weighted by atomic mass is 16.2. The third-order valence-electron chi connectivity index (χ3n) is 5.09. The van der Waals surface area contributed by atoms with E-state index in [1.54, 1.807) is 6.92 Å². The molecule has 1 atom stereocenters. The molecule has 2 aromatic rings. The van der Waals surface area contributed by atoms with E-state index in [9.17, 15) is 9.59 Å². The second-order valence-corrected chi connectivity index (χ2v) is 7.17. The summed E-state index contributed by atoms with van der Waals surface area (Å²) < 4.78 is 0. The Morgan fingerprint density at radius 2 is 2.00 bits per heavy atom. The lowest BCUT2D eigenvalue weighted by atomic mass is 9.96. The molecular formula is C18H21N7O2. The number of hydrogen-bond donors (Lipinski definition) is 3. The van der Waals surface area contributed by atoms with Crippen LogP contribution in [0.5, 0.6) is 0 Å². The van der Waals surface area contributed by atoms with Crippen LogP contribution in [0.15, 0.2) is 24.3 Å². The maximum absolute atomic E-state index is 12.8. The van der Waals surface area contributed by atoms with Gasteiger partial charge < -0.3 is 16.4 Å². The Morgan fingerprint density at radius 1 is 1.26 bits per heavy atom. The van der Waals surface area contributed by atoms with Gasteiger partial charge in [-0.05, 0) is 44.2 Å². The molecule has 1 aliphatic heterocycles. The number of rotatable bonds is 5. The summed E-state index contributed by atoms with van der Waals surface area (Å²) in [4.78, 5) is 38.7. The predicted molar refractivity (Wildman–Crippen MR) is 98.9 cm³/mol. The van der Waals surface area contributed by atoms with Crippen molar-refractivity contribution in [3.05, 3.63) is 35.7 Å². The summed E-state index contributed by atoms with van der Waals surface area (Å²) in [7, 11) is 0. The molecule has 140 valence electrons. The Kier molecular flexibility index (Phi) is 3.94. The van der Waals surface area contributed by atoms with Crippen molar-refractivity contribution in [3.8, 4) is 0 Å². The second kappa shape index (κ2) is 6.19. The van der Waals surface area contributed by atoms with Crippen LogP contribution in [0.3, 0.4) is 0 Å². The summed E-state index contributed by atoms with van der Waals surface area (Å²) >= 11 is 0. The predicted octanol–water partition coefficient (Wildman–Crippen LogP) is 1.73. The van der Waals surface area contributed by atoms with Crippen LogP contribution < -0.4 is 16.4 Å². The molecular weight excluding hydrogens is 346 g/mol. The van der Waals surface area contributed by atoms with Crippen molar-refractivity contribution in [2.45, 2.75) is 38.8 Å². The molecule has 9 nitrogen and oxygen atoms in total. The Labute approximate surface area is 156 Å². The zero-order valence-electron chi connectivity index (χ0n) is 15.2. The first-order valence-corrected chi connectivity index (χ1v) is 8.84. The molecule has 1 aromatic carbocycles. The van der Waals surface area contributed by atoms with Crippen molar-refractivity contribution in [2.75, 3.05) is 11.1 Å². The average molecular weight is 367 g/mol. The summed E-state index contributed by atoms with van der Waals surface area (Å²) in [5, 5.41) is 5.91. The van der Waals surface area contributed by atoms with Crippen LogP contribution in [0.25, 0.3) is 0 Å². The number of benzene rings is 1. The van der Waals surface area contributed by atoms with Gasteiger partial charge in [0.05, 0.1) is 6.54 Å². The van der Waals surface area contributed by atoms with E-state index in [4.69, 9.17) is 5.73 Å². The van der Waals surface area contributed by atoms with E-state index >= 15 is 0 Å². The van der Waals surface area contributed by atoms with E-state index in [0.717, 1.165) is 29.0 Å². The minimum absolute atomic E-state index is 0.0214. The van der Waals surface area contributed by atoms with Gasteiger partial charge in [0.2, 0.25) is 11.9 Å². The Hall–Kier alpha value is -3.23. The van der Waals surface area contributed by atoms with E-state index in [1.165, 1.54) is 0 Å². The Balaban J connectivity index is 1.56. The summed E-state index contributed by atoms with van der Waals surface area (Å²) in [6, 6.07) is 7.25.